The first-order valence-electron chi connectivity index (χ1n) is 13.7. The van der Waals surface area contributed by atoms with E-state index in [-0.39, 0.29) is 12.1 Å². The fourth-order valence-electron chi connectivity index (χ4n) is 6.13. The molecule has 2 fully saturated rings. The lowest BCUT2D eigenvalue weighted by Gasteiger charge is -2.28. The normalized spacial score (nSPS) is 19.2. The molecule has 8 heteroatoms. The molecule has 40 heavy (non-hydrogen) atoms. The van der Waals surface area contributed by atoms with Crippen LogP contribution in [0, 0.1) is 13.8 Å². The quantitative estimate of drug-likeness (QED) is 0.230. The van der Waals surface area contributed by atoms with Gasteiger partial charge in [-0.25, -0.2) is 0 Å². The fourth-order valence-corrected chi connectivity index (χ4v) is 6.64. The van der Waals surface area contributed by atoms with Crippen LogP contribution in [0.15, 0.2) is 72.9 Å². The highest BCUT2D eigenvalue weighted by Crippen LogP contribution is 2.44. The van der Waals surface area contributed by atoms with Crippen LogP contribution < -0.4 is 19.7 Å². The fraction of sp³-hybridized carbons (Fsp3) is 0.312. The van der Waals surface area contributed by atoms with Gasteiger partial charge in [-0.2, -0.15) is 0 Å². The number of hydrogen-bond donors (Lipinski definition) is 1. The lowest BCUT2D eigenvalue weighted by atomic mass is 9.96. The first-order valence-corrected chi connectivity index (χ1v) is 14.5. The van der Waals surface area contributed by atoms with E-state index in [1.165, 1.54) is 12.8 Å². The molecule has 2 aliphatic rings. The first kappa shape index (κ1) is 26.7. The van der Waals surface area contributed by atoms with Gasteiger partial charge < -0.3 is 24.3 Å². The van der Waals surface area contributed by atoms with Gasteiger partial charge in [-0.15, -0.1) is 0 Å². The monoisotopic (exact) mass is 572 g/mol. The second-order valence-corrected chi connectivity index (χ2v) is 11.3. The molecule has 6 nitrogen and oxygen atoms in total. The van der Waals surface area contributed by atoms with Crippen molar-refractivity contribution in [1.29, 1.82) is 0 Å². The second-order valence-electron chi connectivity index (χ2n) is 10.5. The number of aromatic nitrogens is 2. The highest BCUT2D eigenvalue weighted by Gasteiger charge is 2.42. The Bertz CT molecular complexity index is 1520. The number of rotatable bonds is 7. The summed E-state index contributed by atoms with van der Waals surface area (Å²) in [5.74, 6) is 1.66. The van der Waals surface area contributed by atoms with Gasteiger partial charge in [-0.1, -0.05) is 17.7 Å². The Morgan fingerprint density at radius 3 is 2.48 bits per heavy atom. The smallest absolute Gasteiger partial charge is 0.174 e. The number of anilines is 1. The summed E-state index contributed by atoms with van der Waals surface area (Å²) in [7, 11) is 1.68. The average Bonchev–Trinajstić information content (AvgIpc) is 3.67. The molecule has 1 aliphatic heterocycles. The summed E-state index contributed by atoms with van der Waals surface area (Å²) in [5, 5.41) is 4.89. The first-order chi connectivity index (χ1) is 19.4. The van der Waals surface area contributed by atoms with E-state index >= 15 is 0 Å². The third kappa shape index (κ3) is 4.93. The van der Waals surface area contributed by atoms with Gasteiger partial charge in [0.05, 0.1) is 36.7 Å². The largest absolute Gasteiger partial charge is 0.495 e. The Kier molecular flexibility index (Phi) is 7.43. The summed E-state index contributed by atoms with van der Waals surface area (Å²) in [5.41, 5.74) is 6.15. The van der Waals surface area contributed by atoms with Crippen LogP contribution in [0.1, 0.15) is 60.4 Å². The standard InChI is InChI=1S/C32H33ClN4O2S/c1-20-18-26(21(2)36(20)28-19-22(33)11-16-29(28)38-3)31-30(27-10-6-7-17-34-27)35-32(40)37(31)23-12-14-25(15-13-23)39-24-8-4-5-9-24/h6-7,10-19,24,30-31H,4-5,8-9H2,1-3H3,(H,35,40). The lowest BCUT2D eigenvalue weighted by Crippen LogP contribution is -2.29. The van der Waals surface area contributed by atoms with E-state index < -0.39 is 0 Å². The van der Waals surface area contributed by atoms with Crippen LogP contribution in [-0.4, -0.2) is 27.9 Å². The van der Waals surface area contributed by atoms with Gasteiger partial charge >= 0.3 is 0 Å². The van der Waals surface area contributed by atoms with Crippen LogP contribution in [0.4, 0.5) is 5.69 Å². The predicted molar refractivity (Wildman–Crippen MR) is 164 cm³/mol. The maximum atomic E-state index is 6.43. The molecule has 206 valence electrons. The van der Waals surface area contributed by atoms with Gasteiger partial charge in [0.25, 0.3) is 0 Å². The number of nitrogens with zero attached hydrogens (tertiary/aromatic N) is 3. The van der Waals surface area contributed by atoms with Gasteiger partial charge in [0.1, 0.15) is 11.5 Å². The third-order valence-electron chi connectivity index (χ3n) is 7.99. The number of nitrogens with one attached hydrogen (secondary N) is 1. The molecule has 0 radical (unpaired) electrons. The SMILES string of the molecule is COc1ccc(Cl)cc1-n1c(C)cc(C2C(c3ccccn3)NC(=S)N2c2ccc(OC3CCCC3)cc2)c1C. The number of hydrogen-bond acceptors (Lipinski definition) is 4. The van der Waals surface area contributed by atoms with E-state index in [1.807, 2.05) is 36.5 Å². The van der Waals surface area contributed by atoms with Crippen LogP contribution in [0.2, 0.25) is 5.02 Å². The zero-order valence-corrected chi connectivity index (χ0v) is 24.5. The number of aryl methyl sites for hydroxylation is 1. The van der Waals surface area contributed by atoms with Gasteiger partial charge in [-0.3, -0.25) is 4.98 Å². The molecule has 2 unspecified atom stereocenters. The Morgan fingerprint density at radius 1 is 1.00 bits per heavy atom. The zero-order valence-electron chi connectivity index (χ0n) is 22.9. The van der Waals surface area contributed by atoms with Crippen molar-refractivity contribution < 1.29 is 9.47 Å². The average molecular weight is 573 g/mol. The summed E-state index contributed by atoms with van der Waals surface area (Å²) >= 11 is 12.4. The van der Waals surface area contributed by atoms with Gasteiger partial charge in [0.2, 0.25) is 0 Å². The van der Waals surface area contributed by atoms with E-state index in [1.54, 1.807) is 7.11 Å². The summed E-state index contributed by atoms with van der Waals surface area (Å²) in [6.45, 7) is 4.24. The Morgan fingerprint density at radius 2 is 1.77 bits per heavy atom. The topological polar surface area (TPSA) is 51.5 Å². The molecule has 0 amide bonds. The van der Waals surface area contributed by atoms with Gasteiger partial charge in [-0.05, 0) is 118 Å². The van der Waals surface area contributed by atoms with Crippen LogP contribution in [0.25, 0.3) is 5.69 Å². The number of ether oxygens (including phenoxy) is 2. The minimum Gasteiger partial charge on any atom is -0.495 e. The number of pyridine rings is 1. The molecule has 2 aromatic carbocycles. The maximum Gasteiger partial charge on any atom is 0.174 e. The van der Waals surface area contributed by atoms with Crippen molar-refractivity contribution in [2.24, 2.45) is 0 Å². The van der Waals surface area contributed by atoms with E-state index in [4.69, 9.17) is 38.3 Å². The van der Waals surface area contributed by atoms with E-state index in [2.05, 4.69) is 65.0 Å². The maximum absolute atomic E-state index is 6.43. The number of halogens is 1. The van der Waals surface area contributed by atoms with E-state index in [0.29, 0.717) is 16.2 Å². The molecule has 3 heterocycles. The molecule has 1 aliphatic carbocycles. The molecular weight excluding hydrogens is 540 g/mol. The minimum absolute atomic E-state index is 0.130. The van der Waals surface area contributed by atoms with Gasteiger partial charge in [0.15, 0.2) is 5.11 Å². The van der Waals surface area contributed by atoms with E-state index in [0.717, 1.165) is 58.4 Å². The third-order valence-corrected chi connectivity index (χ3v) is 8.54. The summed E-state index contributed by atoms with van der Waals surface area (Å²) in [6.07, 6.45) is 6.88. The van der Waals surface area contributed by atoms with E-state index in [9.17, 15) is 0 Å². The lowest BCUT2D eigenvalue weighted by molar-refractivity contribution is 0.210. The second kappa shape index (κ2) is 11.1. The van der Waals surface area contributed by atoms with Crippen molar-refractivity contribution in [3.63, 3.8) is 0 Å². The molecular formula is C32H33ClN4O2S. The van der Waals surface area contributed by atoms with Crippen molar-refractivity contribution in [3.05, 3.63) is 101 Å². The molecule has 0 bridgehead atoms. The molecule has 1 saturated heterocycles. The van der Waals surface area contributed by atoms with Crippen LogP contribution in [0.5, 0.6) is 11.5 Å². The Balaban J connectivity index is 1.43. The molecule has 6 rings (SSSR count). The van der Waals surface area contributed by atoms with Crippen LogP contribution in [0.3, 0.4) is 0 Å². The van der Waals surface area contributed by atoms with Crippen LogP contribution in [-0.2, 0) is 0 Å². The van der Waals surface area contributed by atoms with Crippen molar-refractivity contribution in [1.82, 2.24) is 14.9 Å². The van der Waals surface area contributed by atoms with Crippen molar-refractivity contribution in [2.45, 2.75) is 57.7 Å². The number of methoxy groups -OCH3 is 1. The highest BCUT2D eigenvalue weighted by atomic mass is 35.5. The number of benzene rings is 2. The molecule has 1 saturated carbocycles. The van der Waals surface area contributed by atoms with Crippen LogP contribution >= 0.6 is 23.8 Å². The molecule has 4 aromatic rings. The summed E-state index contributed by atoms with van der Waals surface area (Å²) in [6, 6.07) is 22.0. The van der Waals surface area contributed by atoms with Crippen molar-refractivity contribution >= 4 is 34.6 Å². The number of thiocarbonyl (C=S) groups is 1. The van der Waals surface area contributed by atoms with Crippen molar-refractivity contribution in [2.75, 3.05) is 12.0 Å². The molecule has 2 aromatic heterocycles. The summed E-state index contributed by atoms with van der Waals surface area (Å²) < 4.78 is 14.2. The Labute approximate surface area is 245 Å². The highest BCUT2D eigenvalue weighted by molar-refractivity contribution is 7.80. The van der Waals surface area contributed by atoms with Crippen molar-refractivity contribution in [3.8, 4) is 17.2 Å². The zero-order chi connectivity index (χ0) is 27.8. The minimum atomic E-state index is -0.140. The Hall–Kier alpha value is -3.55. The molecule has 2 atom stereocenters. The molecule has 0 spiro atoms. The summed E-state index contributed by atoms with van der Waals surface area (Å²) in [4.78, 5) is 6.92. The predicted octanol–water partition coefficient (Wildman–Crippen LogP) is 7.65. The molecule has 1 N–H and O–H groups in total. The van der Waals surface area contributed by atoms with Gasteiger partial charge in [0, 0.05) is 28.3 Å².